The highest BCUT2D eigenvalue weighted by Gasteiger charge is 2.37. The van der Waals surface area contributed by atoms with Crippen LogP contribution in [0.1, 0.15) is 13.3 Å². The lowest BCUT2D eigenvalue weighted by atomic mass is 10.1. The Morgan fingerprint density at radius 1 is 1.24 bits per heavy atom. The van der Waals surface area contributed by atoms with Gasteiger partial charge in [0.2, 0.25) is 20.0 Å². The Labute approximate surface area is 125 Å². The molecule has 1 aromatic rings. The predicted octanol–water partition coefficient (Wildman–Crippen LogP) is -0.308. The Balaban J connectivity index is 2.41. The van der Waals surface area contributed by atoms with Gasteiger partial charge in [-0.1, -0.05) is 6.07 Å². The van der Waals surface area contributed by atoms with Crippen molar-refractivity contribution in [3.8, 4) is 0 Å². The van der Waals surface area contributed by atoms with Crippen molar-refractivity contribution in [1.29, 1.82) is 0 Å². The van der Waals surface area contributed by atoms with Gasteiger partial charge in [0.1, 0.15) is 0 Å². The van der Waals surface area contributed by atoms with Gasteiger partial charge in [-0.05, 0) is 44.0 Å². The largest absolute Gasteiger partial charge is 0.330 e. The molecular formula is C12H19N3O4S2. The van der Waals surface area contributed by atoms with E-state index >= 15 is 0 Å². The lowest BCUT2D eigenvalue weighted by molar-refractivity contribution is 0.404. The molecule has 1 heterocycles. The first-order valence-electron chi connectivity index (χ1n) is 6.51. The van der Waals surface area contributed by atoms with E-state index in [9.17, 15) is 16.8 Å². The van der Waals surface area contributed by atoms with Crippen LogP contribution < -0.4 is 10.9 Å². The first-order valence-corrected chi connectivity index (χ1v) is 9.49. The number of sulfonamides is 2. The van der Waals surface area contributed by atoms with Crippen LogP contribution in [0.15, 0.2) is 34.1 Å². The number of hydrogen-bond acceptors (Lipinski definition) is 5. The number of benzene rings is 1. The van der Waals surface area contributed by atoms with Gasteiger partial charge in [-0.15, -0.1) is 0 Å². The maximum atomic E-state index is 12.6. The minimum atomic E-state index is -3.94. The third-order valence-electron chi connectivity index (χ3n) is 3.68. The second-order valence-electron chi connectivity index (χ2n) is 5.28. The fourth-order valence-electron chi connectivity index (χ4n) is 2.56. The SMILES string of the molecule is CC1CC(CN)CN1S(=O)(=O)c1cccc(S(N)(=O)=O)c1. The minimum Gasteiger partial charge on any atom is -0.330 e. The predicted molar refractivity (Wildman–Crippen MR) is 78.3 cm³/mol. The third kappa shape index (κ3) is 3.27. The van der Waals surface area contributed by atoms with Crippen molar-refractivity contribution in [3.05, 3.63) is 24.3 Å². The molecule has 4 N–H and O–H groups in total. The van der Waals surface area contributed by atoms with Gasteiger partial charge in [0, 0.05) is 12.6 Å². The van der Waals surface area contributed by atoms with Crippen LogP contribution in [0.3, 0.4) is 0 Å². The standard InChI is InChI=1S/C12H19N3O4S2/c1-9-5-10(7-13)8-15(9)21(18,19)12-4-2-3-11(6-12)20(14,16)17/h2-4,6,9-10H,5,7-8,13H2,1H3,(H2,14,16,17). The summed E-state index contributed by atoms with van der Waals surface area (Å²) >= 11 is 0. The molecular weight excluding hydrogens is 314 g/mol. The summed E-state index contributed by atoms with van der Waals surface area (Å²) in [6.45, 7) is 2.59. The summed E-state index contributed by atoms with van der Waals surface area (Å²) in [4.78, 5) is -0.288. The van der Waals surface area contributed by atoms with E-state index < -0.39 is 20.0 Å². The van der Waals surface area contributed by atoms with Crippen LogP contribution in [0, 0.1) is 5.92 Å². The number of primary sulfonamides is 1. The Hall–Kier alpha value is -1.00. The monoisotopic (exact) mass is 333 g/mol. The van der Waals surface area contributed by atoms with Gasteiger partial charge < -0.3 is 5.73 Å². The zero-order chi connectivity index (χ0) is 15.8. The van der Waals surface area contributed by atoms with Crippen molar-refractivity contribution >= 4 is 20.0 Å². The molecule has 7 nitrogen and oxygen atoms in total. The fourth-order valence-corrected chi connectivity index (χ4v) is 4.96. The number of rotatable bonds is 4. The first kappa shape index (κ1) is 16.4. The zero-order valence-electron chi connectivity index (χ0n) is 11.6. The molecule has 0 amide bonds. The molecule has 0 aromatic heterocycles. The van der Waals surface area contributed by atoms with Crippen molar-refractivity contribution in [2.24, 2.45) is 16.8 Å². The lowest BCUT2D eigenvalue weighted by Crippen LogP contribution is -2.34. The Kier molecular flexibility index (Phi) is 4.41. The van der Waals surface area contributed by atoms with E-state index in [2.05, 4.69) is 0 Å². The van der Waals surface area contributed by atoms with E-state index in [-0.39, 0.29) is 21.8 Å². The Morgan fingerprint density at radius 3 is 2.38 bits per heavy atom. The zero-order valence-corrected chi connectivity index (χ0v) is 13.3. The van der Waals surface area contributed by atoms with E-state index in [0.717, 1.165) is 6.07 Å². The molecule has 2 atom stereocenters. The van der Waals surface area contributed by atoms with Gasteiger partial charge in [-0.3, -0.25) is 0 Å². The quantitative estimate of drug-likeness (QED) is 0.782. The molecule has 0 bridgehead atoms. The molecule has 21 heavy (non-hydrogen) atoms. The van der Waals surface area contributed by atoms with Crippen LogP contribution in [0.5, 0.6) is 0 Å². The second-order valence-corrected chi connectivity index (χ2v) is 8.73. The molecule has 1 aliphatic rings. The highest BCUT2D eigenvalue weighted by molar-refractivity contribution is 7.90. The molecule has 1 aromatic carbocycles. The lowest BCUT2D eigenvalue weighted by Gasteiger charge is -2.21. The molecule has 0 saturated carbocycles. The first-order chi connectivity index (χ1) is 9.66. The van der Waals surface area contributed by atoms with Crippen molar-refractivity contribution in [2.75, 3.05) is 13.1 Å². The van der Waals surface area contributed by atoms with Crippen LogP contribution in [-0.4, -0.2) is 40.3 Å². The average Bonchev–Trinajstić information content (AvgIpc) is 2.80. The van der Waals surface area contributed by atoms with E-state index in [1.54, 1.807) is 0 Å². The fraction of sp³-hybridized carbons (Fsp3) is 0.500. The van der Waals surface area contributed by atoms with Crippen LogP contribution in [-0.2, 0) is 20.0 Å². The van der Waals surface area contributed by atoms with Crippen LogP contribution in [0.4, 0.5) is 0 Å². The highest BCUT2D eigenvalue weighted by Crippen LogP contribution is 2.29. The molecule has 0 radical (unpaired) electrons. The van der Waals surface area contributed by atoms with Crippen molar-refractivity contribution < 1.29 is 16.8 Å². The van der Waals surface area contributed by atoms with Crippen LogP contribution in [0.25, 0.3) is 0 Å². The van der Waals surface area contributed by atoms with Gasteiger partial charge in [0.15, 0.2) is 0 Å². The van der Waals surface area contributed by atoms with E-state index in [4.69, 9.17) is 10.9 Å². The highest BCUT2D eigenvalue weighted by atomic mass is 32.2. The Bertz CT molecular complexity index is 731. The summed E-state index contributed by atoms with van der Waals surface area (Å²) < 4.78 is 49.3. The van der Waals surface area contributed by atoms with Gasteiger partial charge >= 0.3 is 0 Å². The van der Waals surface area contributed by atoms with Gasteiger partial charge in [0.25, 0.3) is 0 Å². The average molecular weight is 333 g/mol. The van der Waals surface area contributed by atoms with E-state index in [0.29, 0.717) is 19.5 Å². The van der Waals surface area contributed by atoms with Crippen LogP contribution >= 0.6 is 0 Å². The van der Waals surface area contributed by atoms with Gasteiger partial charge in [-0.2, -0.15) is 4.31 Å². The summed E-state index contributed by atoms with van der Waals surface area (Å²) in [5.41, 5.74) is 5.60. The molecule has 118 valence electrons. The van der Waals surface area contributed by atoms with Crippen molar-refractivity contribution in [3.63, 3.8) is 0 Å². The molecule has 1 aliphatic heterocycles. The summed E-state index contributed by atoms with van der Waals surface area (Å²) in [7, 11) is -7.70. The molecule has 0 aliphatic carbocycles. The minimum absolute atomic E-state index is 0.0708. The number of hydrogen-bond donors (Lipinski definition) is 2. The van der Waals surface area contributed by atoms with Gasteiger partial charge in [-0.25, -0.2) is 22.0 Å². The maximum Gasteiger partial charge on any atom is 0.243 e. The van der Waals surface area contributed by atoms with E-state index in [1.807, 2.05) is 6.92 Å². The molecule has 2 rings (SSSR count). The second kappa shape index (κ2) is 5.65. The smallest absolute Gasteiger partial charge is 0.243 e. The third-order valence-corrected chi connectivity index (χ3v) is 6.57. The normalized spacial score (nSPS) is 24.3. The van der Waals surface area contributed by atoms with E-state index in [1.165, 1.54) is 22.5 Å². The summed E-state index contributed by atoms with van der Waals surface area (Å²) in [5, 5.41) is 5.04. The molecule has 9 heteroatoms. The molecule has 1 fully saturated rings. The summed E-state index contributed by atoms with van der Waals surface area (Å²) in [6.07, 6.45) is 0.699. The molecule has 1 saturated heterocycles. The summed E-state index contributed by atoms with van der Waals surface area (Å²) in [5.74, 6) is 0.121. The van der Waals surface area contributed by atoms with Crippen LogP contribution in [0.2, 0.25) is 0 Å². The number of nitrogens with two attached hydrogens (primary N) is 2. The summed E-state index contributed by atoms with van der Waals surface area (Å²) in [6, 6.07) is 4.93. The molecule has 2 unspecified atom stereocenters. The van der Waals surface area contributed by atoms with Crippen molar-refractivity contribution in [1.82, 2.24) is 4.31 Å². The van der Waals surface area contributed by atoms with Gasteiger partial charge in [0.05, 0.1) is 9.79 Å². The van der Waals surface area contributed by atoms with Crippen molar-refractivity contribution in [2.45, 2.75) is 29.2 Å². The topological polar surface area (TPSA) is 124 Å². The molecule has 0 spiro atoms. The maximum absolute atomic E-state index is 12.6. The Morgan fingerprint density at radius 2 is 1.86 bits per heavy atom. The number of nitrogens with zero attached hydrogens (tertiary/aromatic N) is 1.